The van der Waals surface area contributed by atoms with E-state index in [4.69, 9.17) is 14.2 Å². The number of rotatable bonds is 42. The van der Waals surface area contributed by atoms with E-state index in [0.717, 1.165) is 83.5 Å². The van der Waals surface area contributed by atoms with Crippen LogP contribution in [0.1, 0.15) is 233 Å². The van der Waals surface area contributed by atoms with E-state index in [0.29, 0.717) is 19.3 Å². The number of ether oxygens (including phenoxy) is 3. The molecule has 0 heterocycles. The van der Waals surface area contributed by atoms with Crippen molar-refractivity contribution < 1.29 is 28.6 Å². The summed E-state index contributed by atoms with van der Waals surface area (Å²) in [5, 5.41) is 0. The summed E-state index contributed by atoms with van der Waals surface area (Å²) in [4.78, 5) is 37.7. The third-order valence-electron chi connectivity index (χ3n) is 10.1. The van der Waals surface area contributed by atoms with Crippen LogP contribution in [0.2, 0.25) is 0 Å². The molecular weight excluding hydrogens is 697 g/mol. The van der Waals surface area contributed by atoms with Gasteiger partial charge in [-0.2, -0.15) is 0 Å². The lowest BCUT2D eigenvalue weighted by atomic mass is 10.0. The molecule has 0 aromatic heterocycles. The molecule has 0 amide bonds. The van der Waals surface area contributed by atoms with Crippen LogP contribution in [0.5, 0.6) is 0 Å². The molecule has 0 aliphatic heterocycles. The molecule has 56 heavy (non-hydrogen) atoms. The Kier molecular flexibility index (Phi) is 43.0. The molecule has 324 valence electrons. The van der Waals surface area contributed by atoms with Gasteiger partial charge in [0.25, 0.3) is 0 Å². The summed E-state index contributed by atoms with van der Waals surface area (Å²) in [5.74, 6) is -0.963. The Balaban J connectivity index is 4.35. The van der Waals surface area contributed by atoms with Gasteiger partial charge in [-0.1, -0.05) is 198 Å². The van der Waals surface area contributed by atoms with Crippen molar-refractivity contribution in [1.29, 1.82) is 0 Å². The van der Waals surface area contributed by atoms with Crippen molar-refractivity contribution in [3.63, 3.8) is 0 Å². The Bertz CT molecular complexity index is 996. The molecule has 6 nitrogen and oxygen atoms in total. The predicted molar refractivity (Wildman–Crippen MR) is 238 cm³/mol. The second-order valence-electron chi connectivity index (χ2n) is 15.6. The van der Waals surface area contributed by atoms with Crippen molar-refractivity contribution in [1.82, 2.24) is 0 Å². The highest BCUT2D eigenvalue weighted by molar-refractivity contribution is 5.71. The quantitative estimate of drug-likeness (QED) is 0.0265. The van der Waals surface area contributed by atoms with Crippen molar-refractivity contribution in [3.8, 4) is 0 Å². The van der Waals surface area contributed by atoms with Crippen LogP contribution in [0, 0.1) is 0 Å². The van der Waals surface area contributed by atoms with Gasteiger partial charge in [0, 0.05) is 19.3 Å². The number of hydrogen-bond acceptors (Lipinski definition) is 6. The fourth-order valence-corrected chi connectivity index (χ4v) is 6.50. The molecule has 0 aliphatic rings. The first-order valence-corrected chi connectivity index (χ1v) is 23.6. The smallest absolute Gasteiger partial charge is 0.306 e. The monoisotopic (exact) mass is 785 g/mol. The van der Waals surface area contributed by atoms with Gasteiger partial charge in [-0.15, -0.1) is 0 Å². The number of carbonyl (C=O) groups excluding carboxylic acids is 3. The van der Waals surface area contributed by atoms with Crippen molar-refractivity contribution in [2.24, 2.45) is 0 Å². The van der Waals surface area contributed by atoms with E-state index in [1.807, 2.05) is 0 Å². The maximum atomic E-state index is 12.7. The van der Waals surface area contributed by atoms with Gasteiger partial charge in [-0.05, 0) is 64.2 Å². The van der Waals surface area contributed by atoms with E-state index in [2.05, 4.69) is 69.4 Å². The molecular formula is C50H88O6. The minimum Gasteiger partial charge on any atom is -0.462 e. The molecule has 0 bridgehead atoms. The molecule has 0 N–H and O–H groups in total. The van der Waals surface area contributed by atoms with Crippen molar-refractivity contribution in [2.75, 3.05) is 13.2 Å². The summed E-state index contributed by atoms with van der Waals surface area (Å²) < 4.78 is 16.6. The zero-order valence-corrected chi connectivity index (χ0v) is 36.9. The van der Waals surface area contributed by atoms with Gasteiger partial charge in [0.05, 0.1) is 0 Å². The molecule has 0 aromatic carbocycles. The van der Waals surface area contributed by atoms with E-state index >= 15 is 0 Å². The number of unbranched alkanes of at least 4 members (excludes halogenated alkanes) is 23. The minimum atomic E-state index is -0.798. The lowest BCUT2D eigenvalue weighted by molar-refractivity contribution is -0.167. The third kappa shape index (κ3) is 42.5. The van der Waals surface area contributed by atoms with Gasteiger partial charge in [0.2, 0.25) is 0 Å². The van der Waals surface area contributed by atoms with Gasteiger partial charge in [-0.25, -0.2) is 0 Å². The maximum Gasteiger partial charge on any atom is 0.306 e. The summed E-state index contributed by atoms with van der Waals surface area (Å²) in [7, 11) is 0. The van der Waals surface area contributed by atoms with Crippen molar-refractivity contribution >= 4 is 17.9 Å². The maximum absolute atomic E-state index is 12.7. The van der Waals surface area contributed by atoms with E-state index in [-0.39, 0.29) is 37.5 Å². The zero-order chi connectivity index (χ0) is 40.8. The molecule has 0 fully saturated rings. The first kappa shape index (κ1) is 53.4. The number of carbonyl (C=O) groups is 3. The largest absolute Gasteiger partial charge is 0.462 e. The molecule has 0 radical (unpaired) electrons. The van der Waals surface area contributed by atoms with E-state index in [1.165, 1.54) is 103 Å². The summed E-state index contributed by atoms with van der Waals surface area (Å²) in [5.41, 5.74) is 0. The molecule has 0 aromatic rings. The van der Waals surface area contributed by atoms with Crippen molar-refractivity contribution in [3.05, 3.63) is 48.6 Å². The van der Waals surface area contributed by atoms with Crippen LogP contribution in [0.3, 0.4) is 0 Å². The minimum absolute atomic E-state index is 0.0950. The van der Waals surface area contributed by atoms with Gasteiger partial charge >= 0.3 is 17.9 Å². The summed E-state index contributed by atoms with van der Waals surface area (Å²) in [6.07, 6.45) is 52.5. The van der Waals surface area contributed by atoms with Crippen LogP contribution in [-0.2, 0) is 28.6 Å². The Morgan fingerprint density at radius 2 is 0.732 bits per heavy atom. The SMILES string of the molecule is CC/C=C\C/C=C\C/C=C\CCCC(=O)OC(COC(=O)CCCCCC/C=C\CCCC)COC(=O)CCCCCCCCCCCCCCCCCCC. The fraction of sp³-hybridized carbons (Fsp3) is 0.780. The molecule has 0 aliphatic carbocycles. The summed E-state index contributed by atoms with van der Waals surface area (Å²) in [6.45, 7) is 6.42. The molecule has 0 saturated carbocycles. The Hall–Kier alpha value is -2.63. The van der Waals surface area contributed by atoms with Crippen LogP contribution in [0.15, 0.2) is 48.6 Å². The average molecular weight is 785 g/mol. The van der Waals surface area contributed by atoms with Crippen LogP contribution < -0.4 is 0 Å². The van der Waals surface area contributed by atoms with Crippen LogP contribution in [-0.4, -0.2) is 37.2 Å². The highest BCUT2D eigenvalue weighted by Crippen LogP contribution is 2.15. The normalized spacial score (nSPS) is 12.4. The summed E-state index contributed by atoms with van der Waals surface area (Å²) >= 11 is 0. The first-order valence-electron chi connectivity index (χ1n) is 23.6. The van der Waals surface area contributed by atoms with E-state index in [1.54, 1.807) is 0 Å². The van der Waals surface area contributed by atoms with E-state index < -0.39 is 6.10 Å². The lowest BCUT2D eigenvalue weighted by Gasteiger charge is -2.18. The molecule has 1 atom stereocenters. The zero-order valence-electron chi connectivity index (χ0n) is 36.9. The Morgan fingerprint density at radius 1 is 0.375 bits per heavy atom. The lowest BCUT2D eigenvalue weighted by Crippen LogP contribution is -2.30. The standard InChI is InChI=1S/C50H88O6/c1-4-7-10-13-16-19-22-23-24-25-26-27-29-31-34-37-40-43-49(52)55-46-47(45-54-48(51)42-39-36-33-30-21-18-15-12-9-6-3)56-50(53)44-41-38-35-32-28-20-17-14-11-8-5-2/h8,11,15,17-18,20,32,35,47H,4-7,9-10,12-14,16,19,21-31,33-34,36-46H2,1-3H3/b11-8-,18-15-,20-17-,35-32-. The Labute approximate surface area is 346 Å². The second kappa shape index (κ2) is 45.1. The average Bonchev–Trinajstić information content (AvgIpc) is 3.19. The molecule has 6 heteroatoms. The number of hydrogen-bond donors (Lipinski definition) is 0. The molecule has 1 unspecified atom stereocenters. The molecule has 0 spiro atoms. The van der Waals surface area contributed by atoms with Crippen LogP contribution >= 0.6 is 0 Å². The van der Waals surface area contributed by atoms with Gasteiger partial charge < -0.3 is 14.2 Å². The topological polar surface area (TPSA) is 78.9 Å². The number of allylic oxidation sites excluding steroid dienone is 8. The fourth-order valence-electron chi connectivity index (χ4n) is 6.50. The van der Waals surface area contributed by atoms with Gasteiger partial charge in [-0.3, -0.25) is 14.4 Å². The molecule has 0 saturated heterocycles. The highest BCUT2D eigenvalue weighted by Gasteiger charge is 2.19. The van der Waals surface area contributed by atoms with Crippen molar-refractivity contribution in [2.45, 2.75) is 239 Å². The third-order valence-corrected chi connectivity index (χ3v) is 10.1. The first-order chi connectivity index (χ1) is 27.5. The van der Waals surface area contributed by atoms with E-state index in [9.17, 15) is 14.4 Å². The second-order valence-corrected chi connectivity index (χ2v) is 15.6. The number of esters is 3. The molecule has 0 rings (SSSR count). The predicted octanol–water partition coefficient (Wildman–Crippen LogP) is 15.1. The highest BCUT2D eigenvalue weighted by atomic mass is 16.6. The van der Waals surface area contributed by atoms with Gasteiger partial charge in [0.15, 0.2) is 6.10 Å². The van der Waals surface area contributed by atoms with Crippen LogP contribution in [0.4, 0.5) is 0 Å². The Morgan fingerprint density at radius 3 is 1.21 bits per heavy atom. The summed E-state index contributed by atoms with van der Waals surface area (Å²) in [6, 6.07) is 0. The van der Waals surface area contributed by atoms with Crippen LogP contribution in [0.25, 0.3) is 0 Å². The van der Waals surface area contributed by atoms with Gasteiger partial charge in [0.1, 0.15) is 13.2 Å².